The predicted octanol–water partition coefficient (Wildman–Crippen LogP) is 4.08. The van der Waals surface area contributed by atoms with Gasteiger partial charge in [0.05, 0.1) is 0 Å². The molecule has 0 unspecified atom stereocenters. The minimum atomic E-state index is 0.809. The van der Waals surface area contributed by atoms with Crippen LogP contribution in [-0.4, -0.2) is 31.1 Å². The van der Waals surface area contributed by atoms with E-state index in [2.05, 4.69) is 40.6 Å². The summed E-state index contributed by atoms with van der Waals surface area (Å²) < 4.78 is 5.75. The summed E-state index contributed by atoms with van der Waals surface area (Å²) in [4.78, 5) is 2.54. The summed E-state index contributed by atoms with van der Waals surface area (Å²) in [6.45, 7) is 4.29. The van der Waals surface area contributed by atoms with E-state index in [-0.39, 0.29) is 0 Å². The van der Waals surface area contributed by atoms with Crippen molar-refractivity contribution in [2.24, 2.45) is 5.92 Å². The van der Waals surface area contributed by atoms with Gasteiger partial charge in [0, 0.05) is 6.54 Å². The highest BCUT2D eigenvalue weighted by Gasteiger charge is 2.19. The van der Waals surface area contributed by atoms with Crippen molar-refractivity contribution in [3.05, 3.63) is 53.4 Å². The van der Waals surface area contributed by atoms with E-state index in [0.717, 1.165) is 24.1 Å². The minimum absolute atomic E-state index is 0.809. The third-order valence-corrected chi connectivity index (χ3v) is 5.00. The highest BCUT2D eigenvalue weighted by atomic mass is 32.1. The summed E-state index contributed by atoms with van der Waals surface area (Å²) >= 11 is 1.67. The zero-order chi connectivity index (χ0) is 14.3. The van der Waals surface area contributed by atoms with Crippen molar-refractivity contribution in [2.75, 3.05) is 26.2 Å². The lowest BCUT2D eigenvalue weighted by molar-refractivity contribution is 0.156. The lowest BCUT2D eigenvalue weighted by Gasteiger charge is -2.31. The lowest BCUT2D eigenvalue weighted by Crippen LogP contribution is -2.36. The quantitative estimate of drug-likeness (QED) is 0.797. The van der Waals surface area contributed by atoms with Gasteiger partial charge < -0.3 is 4.74 Å². The molecular weight excluding hydrogens is 278 g/mol. The van der Waals surface area contributed by atoms with Gasteiger partial charge in [0.2, 0.25) is 0 Å². The Balaban J connectivity index is 1.35. The van der Waals surface area contributed by atoms with Crippen molar-refractivity contribution in [3.8, 4) is 5.06 Å². The number of likely N-dealkylation sites (tertiary alicyclic amines) is 1. The van der Waals surface area contributed by atoms with Crippen molar-refractivity contribution in [1.29, 1.82) is 0 Å². The fourth-order valence-electron chi connectivity index (χ4n) is 2.98. The molecular formula is C18H23NOS. The van der Waals surface area contributed by atoms with Gasteiger partial charge in [-0.3, -0.25) is 4.90 Å². The van der Waals surface area contributed by atoms with Gasteiger partial charge in [-0.1, -0.05) is 30.3 Å². The van der Waals surface area contributed by atoms with Crippen LogP contribution in [0.15, 0.2) is 47.8 Å². The molecule has 3 heteroatoms. The third-order valence-electron chi connectivity index (χ3n) is 4.22. The van der Waals surface area contributed by atoms with Gasteiger partial charge in [0.25, 0.3) is 0 Å². The Morgan fingerprint density at radius 1 is 1.05 bits per heavy atom. The van der Waals surface area contributed by atoms with E-state index < -0.39 is 0 Å². The molecule has 1 aliphatic heterocycles. The predicted molar refractivity (Wildman–Crippen MR) is 89.1 cm³/mol. The second-order valence-electron chi connectivity index (χ2n) is 5.76. The van der Waals surface area contributed by atoms with Crippen LogP contribution >= 0.6 is 11.3 Å². The molecule has 0 aliphatic carbocycles. The first-order valence-corrected chi connectivity index (χ1v) is 8.71. The van der Waals surface area contributed by atoms with Crippen LogP contribution in [0.4, 0.5) is 0 Å². The molecule has 1 aromatic carbocycles. The topological polar surface area (TPSA) is 12.5 Å². The number of thiophene rings is 1. The monoisotopic (exact) mass is 301 g/mol. The summed E-state index contributed by atoms with van der Waals surface area (Å²) in [6.07, 6.45) is 3.86. The normalized spacial score (nSPS) is 17.0. The number of ether oxygens (including phenoxy) is 1. The Morgan fingerprint density at radius 3 is 2.57 bits per heavy atom. The maximum atomic E-state index is 5.75. The molecule has 0 amide bonds. The molecule has 112 valence electrons. The summed E-state index contributed by atoms with van der Waals surface area (Å²) in [5, 5.41) is 3.10. The van der Waals surface area contributed by atoms with E-state index in [1.54, 1.807) is 11.3 Å². The van der Waals surface area contributed by atoms with E-state index in [1.165, 1.54) is 37.9 Å². The minimum Gasteiger partial charge on any atom is -0.483 e. The second-order valence-corrected chi connectivity index (χ2v) is 6.67. The van der Waals surface area contributed by atoms with E-state index in [4.69, 9.17) is 4.74 Å². The van der Waals surface area contributed by atoms with Crippen molar-refractivity contribution in [1.82, 2.24) is 4.90 Å². The van der Waals surface area contributed by atoms with Crippen LogP contribution in [0.25, 0.3) is 0 Å². The Hall–Kier alpha value is -1.32. The Kier molecular flexibility index (Phi) is 5.30. The molecule has 2 heterocycles. The van der Waals surface area contributed by atoms with Crippen LogP contribution in [0, 0.1) is 5.92 Å². The van der Waals surface area contributed by atoms with Crippen LogP contribution < -0.4 is 4.74 Å². The first-order chi connectivity index (χ1) is 10.4. The Labute approximate surface area is 131 Å². The smallest absolute Gasteiger partial charge is 0.173 e. The van der Waals surface area contributed by atoms with Crippen LogP contribution in [0.1, 0.15) is 18.4 Å². The Bertz CT molecular complexity index is 503. The molecule has 0 radical (unpaired) electrons. The molecule has 1 aliphatic rings. The molecule has 0 atom stereocenters. The summed E-state index contributed by atoms with van der Waals surface area (Å²) in [5.41, 5.74) is 1.48. The molecule has 21 heavy (non-hydrogen) atoms. The Morgan fingerprint density at radius 2 is 1.86 bits per heavy atom. The first kappa shape index (κ1) is 14.6. The molecule has 0 saturated carbocycles. The third kappa shape index (κ3) is 4.58. The molecule has 3 rings (SSSR count). The summed E-state index contributed by atoms with van der Waals surface area (Å²) in [6, 6.07) is 15.0. The van der Waals surface area contributed by atoms with E-state index in [0.29, 0.717) is 0 Å². The lowest BCUT2D eigenvalue weighted by atomic mass is 9.90. The van der Waals surface area contributed by atoms with E-state index in [9.17, 15) is 0 Å². The largest absolute Gasteiger partial charge is 0.483 e. The molecule has 0 N–H and O–H groups in total. The number of hydrogen-bond donors (Lipinski definition) is 0. The van der Waals surface area contributed by atoms with Gasteiger partial charge in [-0.15, -0.1) is 11.3 Å². The van der Waals surface area contributed by atoms with Gasteiger partial charge in [-0.05, 0) is 61.3 Å². The number of benzene rings is 1. The molecule has 2 aromatic rings. The molecule has 0 bridgehead atoms. The number of nitrogens with zero attached hydrogens (tertiary/aromatic N) is 1. The second kappa shape index (κ2) is 7.62. The number of hydrogen-bond acceptors (Lipinski definition) is 3. The number of rotatable bonds is 6. The summed E-state index contributed by atoms with van der Waals surface area (Å²) in [7, 11) is 0. The van der Waals surface area contributed by atoms with Crippen LogP contribution in [0.5, 0.6) is 5.06 Å². The van der Waals surface area contributed by atoms with Crippen molar-refractivity contribution < 1.29 is 4.74 Å². The fraction of sp³-hybridized carbons (Fsp3) is 0.444. The number of piperidine rings is 1. The standard InChI is InChI=1S/C18H23NOS/c1-2-5-16(6-3-1)15-17-8-10-19(11-9-17)12-13-20-18-7-4-14-21-18/h1-7,14,17H,8-13,15H2. The van der Waals surface area contributed by atoms with Gasteiger partial charge >= 0.3 is 0 Å². The van der Waals surface area contributed by atoms with Crippen molar-refractivity contribution in [3.63, 3.8) is 0 Å². The fourth-order valence-corrected chi connectivity index (χ4v) is 3.58. The van der Waals surface area contributed by atoms with Crippen LogP contribution in [-0.2, 0) is 6.42 Å². The van der Waals surface area contributed by atoms with E-state index in [1.807, 2.05) is 12.1 Å². The SMILES string of the molecule is c1ccc(CC2CCN(CCOc3cccs3)CC2)cc1. The molecule has 2 nitrogen and oxygen atoms in total. The van der Waals surface area contributed by atoms with Gasteiger partial charge in [0.15, 0.2) is 5.06 Å². The molecule has 1 aromatic heterocycles. The average molecular weight is 301 g/mol. The zero-order valence-electron chi connectivity index (χ0n) is 12.4. The van der Waals surface area contributed by atoms with E-state index >= 15 is 0 Å². The van der Waals surface area contributed by atoms with Crippen molar-refractivity contribution >= 4 is 11.3 Å². The zero-order valence-corrected chi connectivity index (χ0v) is 13.2. The van der Waals surface area contributed by atoms with Crippen LogP contribution in [0.3, 0.4) is 0 Å². The van der Waals surface area contributed by atoms with Gasteiger partial charge in [-0.2, -0.15) is 0 Å². The maximum absolute atomic E-state index is 5.75. The summed E-state index contributed by atoms with van der Waals surface area (Å²) in [5.74, 6) is 0.849. The van der Waals surface area contributed by atoms with Gasteiger partial charge in [-0.25, -0.2) is 0 Å². The molecule has 1 saturated heterocycles. The molecule has 1 fully saturated rings. The van der Waals surface area contributed by atoms with Crippen molar-refractivity contribution in [2.45, 2.75) is 19.3 Å². The highest BCUT2D eigenvalue weighted by Crippen LogP contribution is 2.22. The van der Waals surface area contributed by atoms with Crippen LogP contribution in [0.2, 0.25) is 0 Å². The molecule has 0 spiro atoms. The maximum Gasteiger partial charge on any atom is 0.173 e. The highest BCUT2D eigenvalue weighted by molar-refractivity contribution is 7.11. The average Bonchev–Trinajstić information content (AvgIpc) is 3.03. The van der Waals surface area contributed by atoms with Gasteiger partial charge in [0.1, 0.15) is 6.61 Å². The first-order valence-electron chi connectivity index (χ1n) is 7.83.